The molecule has 0 spiro atoms. The second-order valence-electron chi connectivity index (χ2n) is 5.40. The fraction of sp³-hybridized carbons (Fsp3) is 0.571. The van der Waals surface area contributed by atoms with Gasteiger partial charge in [0.2, 0.25) is 5.91 Å². The van der Waals surface area contributed by atoms with Crippen molar-refractivity contribution in [1.29, 1.82) is 0 Å². The van der Waals surface area contributed by atoms with Crippen molar-refractivity contribution in [3.63, 3.8) is 0 Å². The summed E-state index contributed by atoms with van der Waals surface area (Å²) in [6, 6.07) is 3.96. The molecule has 1 amide bonds. The normalized spacial score (nSPS) is 24.6. The van der Waals surface area contributed by atoms with Crippen LogP contribution in [0.2, 0.25) is 0 Å². The van der Waals surface area contributed by atoms with Gasteiger partial charge in [-0.05, 0) is 23.6 Å². The fourth-order valence-corrected chi connectivity index (χ4v) is 2.83. The number of hydrogen-bond acceptors (Lipinski definition) is 4. The van der Waals surface area contributed by atoms with E-state index in [1.807, 2.05) is 12.1 Å². The largest absolute Gasteiger partial charge is 0.368 e. The van der Waals surface area contributed by atoms with E-state index in [1.165, 1.54) is 0 Å². The third-order valence-electron chi connectivity index (χ3n) is 4.02. The minimum absolute atomic E-state index is 0.166. The number of aromatic nitrogens is 1. The Morgan fingerprint density at radius 1 is 1.53 bits per heavy atom. The molecule has 5 heteroatoms. The summed E-state index contributed by atoms with van der Waals surface area (Å²) in [5, 5.41) is 3.30. The minimum atomic E-state index is -0.610. The van der Waals surface area contributed by atoms with Gasteiger partial charge in [0.25, 0.3) is 0 Å². The molecule has 0 bridgehead atoms. The predicted molar refractivity (Wildman–Crippen MR) is 74.3 cm³/mol. The lowest BCUT2D eigenvalue weighted by Gasteiger charge is -2.48. The first-order valence-electron chi connectivity index (χ1n) is 6.72. The van der Waals surface area contributed by atoms with E-state index in [9.17, 15) is 4.79 Å². The molecule has 0 saturated carbocycles. The second-order valence-corrected chi connectivity index (χ2v) is 5.40. The maximum atomic E-state index is 12.0. The van der Waals surface area contributed by atoms with Crippen LogP contribution >= 0.6 is 0 Å². The maximum absolute atomic E-state index is 12.0. The summed E-state index contributed by atoms with van der Waals surface area (Å²) in [6.45, 7) is 7.15. The van der Waals surface area contributed by atoms with Crippen LogP contribution < -0.4 is 11.1 Å². The van der Waals surface area contributed by atoms with Gasteiger partial charge >= 0.3 is 0 Å². The summed E-state index contributed by atoms with van der Waals surface area (Å²) in [4.78, 5) is 18.3. The summed E-state index contributed by atoms with van der Waals surface area (Å²) >= 11 is 0. The number of carbonyl (C=O) groups excluding carboxylic acids is 1. The van der Waals surface area contributed by atoms with Crippen LogP contribution in [0.1, 0.15) is 19.4 Å². The van der Waals surface area contributed by atoms with Crippen LogP contribution in [-0.4, -0.2) is 41.0 Å². The lowest BCUT2D eigenvalue weighted by molar-refractivity contribution is -0.135. The summed E-state index contributed by atoms with van der Waals surface area (Å²) in [7, 11) is 0. The van der Waals surface area contributed by atoms with Gasteiger partial charge in [-0.2, -0.15) is 0 Å². The van der Waals surface area contributed by atoms with Crippen LogP contribution in [0.3, 0.4) is 0 Å². The molecule has 1 saturated heterocycles. The van der Waals surface area contributed by atoms with E-state index < -0.39 is 5.54 Å². The van der Waals surface area contributed by atoms with Crippen molar-refractivity contribution in [2.75, 3.05) is 19.6 Å². The van der Waals surface area contributed by atoms with Crippen LogP contribution in [0.5, 0.6) is 0 Å². The summed E-state index contributed by atoms with van der Waals surface area (Å²) in [5.74, 6) is -0.0802. The smallest absolute Gasteiger partial charge is 0.239 e. The summed E-state index contributed by atoms with van der Waals surface area (Å²) in [6.07, 6.45) is 3.55. The molecule has 1 unspecified atom stereocenters. The molecular weight excluding hydrogens is 240 g/mol. The van der Waals surface area contributed by atoms with E-state index in [0.29, 0.717) is 6.54 Å². The van der Waals surface area contributed by atoms with Gasteiger partial charge in [0.05, 0.1) is 0 Å². The quantitative estimate of drug-likeness (QED) is 0.822. The number of pyridine rings is 1. The topological polar surface area (TPSA) is 71.2 Å². The van der Waals surface area contributed by atoms with Gasteiger partial charge in [0.1, 0.15) is 5.54 Å². The molecule has 0 aliphatic carbocycles. The molecule has 5 nitrogen and oxygen atoms in total. The van der Waals surface area contributed by atoms with Crippen LogP contribution in [-0.2, 0) is 11.3 Å². The monoisotopic (exact) mass is 262 g/mol. The second kappa shape index (κ2) is 5.67. The van der Waals surface area contributed by atoms with E-state index >= 15 is 0 Å². The number of rotatable bonds is 4. The molecule has 1 fully saturated rings. The number of carbonyl (C=O) groups is 1. The SMILES string of the molecule is CC(C)C1(C(N)=O)CNCCN1Cc1ccncc1. The molecule has 0 aromatic carbocycles. The molecule has 3 N–H and O–H groups in total. The Bertz CT molecular complexity index is 434. The van der Waals surface area contributed by atoms with Crippen molar-refractivity contribution in [1.82, 2.24) is 15.2 Å². The van der Waals surface area contributed by atoms with E-state index in [0.717, 1.165) is 25.2 Å². The minimum Gasteiger partial charge on any atom is -0.368 e. The molecule has 1 aliphatic heterocycles. The average molecular weight is 262 g/mol. The highest BCUT2D eigenvalue weighted by Crippen LogP contribution is 2.28. The van der Waals surface area contributed by atoms with Gasteiger partial charge in [0, 0.05) is 38.6 Å². The summed E-state index contributed by atoms with van der Waals surface area (Å²) in [5.41, 5.74) is 6.26. The molecule has 1 aliphatic rings. The van der Waals surface area contributed by atoms with Gasteiger partial charge in [-0.25, -0.2) is 0 Å². The van der Waals surface area contributed by atoms with E-state index in [2.05, 4.69) is 29.0 Å². The Morgan fingerprint density at radius 2 is 2.21 bits per heavy atom. The Morgan fingerprint density at radius 3 is 2.79 bits per heavy atom. The number of nitrogens with two attached hydrogens (primary N) is 1. The van der Waals surface area contributed by atoms with Gasteiger partial charge < -0.3 is 11.1 Å². The molecule has 1 aromatic heterocycles. The predicted octanol–water partition coefficient (Wildman–Crippen LogP) is 0.367. The maximum Gasteiger partial charge on any atom is 0.239 e. The molecule has 19 heavy (non-hydrogen) atoms. The van der Waals surface area contributed by atoms with Crippen LogP contribution in [0.4, 0.5) is 0 Å². The van der Waals surface area contributed by atoms with Crippen molar-refractivity contribution < 1.29 is 4.79 Å². The molecule has 2 rings (SSSR count). The van der Waals surface area contributed by atoms with E-state index in [4.69, 9.17) is 5.73 Å². The van der Waals surface area contributed by atoms with Crippen molar-refractivity contribution in [2.24, 2.45) is 11.7 Å². The first-order valence-corrected chi connectivity index (χ1v) is 6.72. The van der Waals surface area contributed by atoms with Gasteiger partial charge in [-0.15, -0.1) is 0 Å². The molecule has 1 aromatic rings. The molecule has 2 heterocycles. The number of hydrogen-bond donors (Lipinski definition) is 2. The van der Waals surface area contributed by atoms with Gasteiger partial charge in [0.15, 0.2) is 0 Å². The van der Waals surface area contributed by atoms with Crippen molar-refractivity contribution >= 4 is 5.91 Å². The lowest BCUT2D eigenvalue weighted by Crippen LogP contribution is -2.69. The lowest BCUT2D eigenvalue weighted by atomic mass is 9.82. The molecule has 0 radical (unpaired) electrons. The Hall–Kier alpha value is -1.46. The van der Waals surface area contributed by atoms with Crippen molar-refractivity contribution in [3.8, 4) is 0 Å². The first kappa shape index (κ1) is 14.0. The molecule has 1 atom stereocenters. The Balaban J connectivity index is 2.27. The first-order chi connectivity index (χ1) is 9.07. The highest BCUT2D eigenvalue weighted by molar-refractivity contribution is 5.85. The summed E-state index contributed by atoms with van der Waals surface area (Å²) < 4.78 is 0. The Kier molecular flexibility index (Phi) is 4.17. The van der Waals surface area contributed by atoms with Gasteiger partial charge in [-0.3, -0.25) is 14.7 Å². The van der Waals surface area contributed by atoms with E-state index in [-0.39, 0.29) is 11.8 Å². The zero-order chi connectivity index (χ0) is 13.9. The van der Waals surface area contributed by atoms with Gasteiger partial charge in [-0.1, -0.05) is 13.8 Å². The fourth-order valence-electron chi connectivity index (χ4n) is 2.83. The average Bonchev–Trinajstić information content (AvgIpc) is 2.40. The van der Waals surface area contributed by atoms with Crippen LogP contribution in [0, 0.1) is 5.92 Å². The molecular formula is C14H22N4O. The third-order valence-corrected chi connectivity index (χ3v) is 4.02. The number of nitrogens with zero attached hydrogens (tertiary/aromatic N) is 2. The molecule has 104 valence electrons. The number of nitrogens with one attached hydrogen (secondary N) is 1. The number of piperazine rings is 1. The Labute approximate surface area is 114 Å². The highest BCUT2D eigenvalue weighted by Gasteiger charge is 2.46. The van der Waals surface area contributed by atoms with Crippen molar-refractivity contribution in [2.45, 2.75) is 25.9 Å². The van der Waals surface area contributed by atoms with Crippen molar-refractivity contribution in [3.05, 3.63) is 30.1 Å². The highest BCUT2D eigenvalue weighted by atomic mass is 16.1. The van der Waals surface area contributed by atoms with Crippen LogP contribution in [0.25, 0.3) is 0 Å². The van der Waals surface area contributed by atoms with E-state index in [1.54, 1.807) is 12.4 Å². The zero-order valence-electron chi connectivity index (χ0n) is 11.6. The number of amides is 1. The number of primary amides is 1. The standard InChI is InChI=1S/C14H22N4O/c1-11(2)14(13(15)19)10-17-7-8-18(14)9-12-3-5-16-6-4-12/h3-6,11,17H,7-10H2,1-2H3,(H2,15,19). The van der Waals surface area contributed by atoms with Crippen LogP contribution in [0.15, 0.2) is 24.5 Å². The zero-order valence-corrected chi connectivity index (χ0v) is 11.6. The third kappa shape index (κ3) is 2.62.